The Bertz CT molecular complexity index is 1570. The smallest absolute Gasteiger partial charge is 0.358 e. The molecule has 0 aromatic heterocycles. The van der Waals surface area contributed by atoms with Crippen molar-refractivity contribution in [3.63, 3.8) is 0 Å². The number of nitrogens with one attached hydrogen (secondary N) is 1. The molecular weight excluding hydrogens is 461 g/mol. The second kappa shape index (κ2) is 9.99. The van der Waals surface area contributed by atoms with Crippen LogP contribution in [0.4, 0.5) is 5.69 Å². The summed E-state index contributed by atoms with van der Waals surface area (Å²) in [6.07, 6.45) is -1.82. The van der Waals surface area contributed by atoms with Crippen LogP contribution in [0.5, 0.6) is 0 Å². The lowest BCUT2D eigenvalue weighted by atomic mass is 9.36. The van der Waals surface area contributed by atoms with Crippen LogP contribution in [-0.2, 0) is 0 Å². The molecule has 0 radical (unpaired) electrons. The van der Waals surface area contributed by atoms with E-state index < -0.39 is 6.42 Å². The first-order chi connectivity index (χ1) is 18.6. The summed E-state index contributed by atoms with van der Waals surface area (Å²) in [6, 6.07) is 49.3. The highest BCUT2D eigenvalue weighted by Gasteiger charge is 2.44. The van der Waals surface area contributed by atoms with Crippen molar-refractivity contribution in [3.05, 3.63) is 162 Å². The van der Waals surface area contributed by atoms with E-state index in [-0.39, 0.29) is 0 Å². The number of aryl methyl sites for hydroxylation is 2. The zero-order valence-electron chi connectivity index (χ0n) is 21.8. The Kier molecular flexibility index (Phi) is 6.23. The molecule has 0 amide bonds. The van der Waals surface area contributed by atoms with Crippen molar-refractivity contribution in [2.45, 2.75) is 13.8 Å². The SMILES string of the molecule is Cc1ccc(C2=[N+](c3ccc(C)cc3)[B-](c3ccccc3)(c3ccccc3)N=C(c3ccccc3)N2)cc1. The molecule has 0 aliphatic carbocycles. The summed E-state index contributed by atoms with van der Waals surface area (Å²) in [4.78, 5) is 5.67. The fourth-order valence-electron chi connectivity index (χ4n) is 5.43. The Labute approximate surface area is 224 Å². The molecule has 0 unspecified atom stereocenters. The first kappa shape index (κ1) is 23.7. The summed E-state index contributed by atoms with van der Waals surface area (Å²) in [5, 5.41) is 3.77. The molecule has 3 nitrogen and oxygen atoms in total. The van der Waals surface area contributed by atoms with E-state index >= 15 is 0 Å². The Balaban J connectivity index is 1.77. The van der Waals surface area contributed by atoms with Gasteiger partial charge in [-0.15, -0.1) is 10.9 Å². The van der Waals surface area contributed by atoms with E-state index in [0.717, 1.165) is 39.4 Å². The summed E-state index contributed by atoms with van der Waals surface area (Å²) >= 11 is 0. The van der Waals surface area contributed by atoms with E-state index in [1.165, 1.54) is 11.1 Å². The third-order valence-electron chi connectivity index (χ3n) is 7.38. The molecule has 1 aliphatic rings. The van der Waals surface area contributed by atoms with Gasteiger partial charge in [0.2, 0.25) is 5.84 Å². The van der Waals surface area contributed by atoms with E-state index in [1.54, 1.807) is 0 Å². The molecule has 0 saturated carbocycles. The van der Waals surface area contributed by atoms with Gasteiger partial charge in [-0.3, -0.25) is 0 Å². The van der Waals surface area contributed by atoms with E-state index in [1.807, 2.05) is 6.07 Å². The molecule has 1 N–H and O–H groups in total. The summed E-state index contributed by atoms with van der Waals surface area (Å²) in [6.45, 7) is 4.25. The highest BCUT2D eigenvalue weighted by atomic mass is 15.2. The number of hydrogen-bond acceptors (Lipinski definition) is 2. The highest BCUT2D eigenvalue weighted by molar-refractivity contribution is 6.96. The van der Waals surface area contributed by atoms with Crippen LogP contribution >= 0.6 is 0 Å². The molecule has 0 atom stereocenters. The van der Waals surface area contributed by atoms with Crippen LogP contribution in [0.15, 0.2) is 144 Å². The number of hydrogen-bond donors (Lipinski definition) is 1. The quantitative estimate of drug-likeness (QED) is 0.314. The van der Waals surface area contributed by atoms with Gasteiger partial charge in [0, 0.05) is 5.56 Å². The van der Waals surface area contributed by atoms with E-state index in [2.05, 4.69) is 157 Å². The fraction of sp³-hybridized carbons (Fsp3) is 0.0588. The van der Waals surface area contributed by atoms with Crippen molar-refractivity contribution < 1.29 is 4.49 Å². The standard InChI is InChI=1S/C34H30BN3/c1-26-18-22-29(23-19-26)34-36-33(28-12-6-3-7-13-28)37-35(30-14-8-4-9-15-30,31-16-10-5-11-17-31)38(34)32-24-20-27(2)21-25-32/h3-25H,1-2H3,(H,36,37). The summed E-state index contributed by atoms with van der Waals surface area (Å²) in [5.41, 5.74) is 8.00. The van der Waals surface area contributed by atoms with Gasteiger partial charge in [-0.05, 0) is 50.2 Å². The second-order valence-electron chi connectivity index (χ2n) is 9.99. The maximum Gasteiger partial charge on any atom is 0.358 e. The lowest BCUT2D eigenvalue weighted by Gasteiger charge is -2.43. The number of rotatable bonds is 5. The van der Waals surface area contributed by atoms with Crippen molar-refractivity contribution in [1.29, 1.82) is 0 Å². The average molecular weight is 491 g/mol. The molecule has 5 aromatic carbocycles. The normalized spacial score (nSPS) is 14.5. The molecule has 0 fully saturated rings. The Morgan fingerprint density at radius 2 is 1.00 bits per heavy atom. The third kappa shape index (κ3) is 4.24. The van der Waals surface area contributed by atoms with Gasteiger partial charge in [0.15, 0.2) is 5.84 Å². The number of nitrogens with zero attached hydrogens (tertiary/aromatic N) is 2. The molecule has 1 heterocycles. The molecule has 38 heavy (non-hydrogen) atoms. The molecule has 184 valence electrons. The highest BCUT2D eigenvalue weighted by Crippen LogP contribution is 2.26. The average Bonchev–Trinajstić information content (AvgIpc) is 2.99. The van der Waals surface area contributed by atoms with Gasteiger partial charge in [-0.25, -0.2) is 5.32 Å². The Morgan fingerprint density at radius 3 is 1.53 bits per heavy atom. The minimum Gasteiger partial charge on any atom is -0.407 e. The third-order valence-corrected chi connectivity index (χ3v) is 7.38. The first-order valence-electron chi connectivity index (χ1n) is 13.1. The van der Waals surface area contributed by atoms with E-state index in [4.69, 9.17) is 4.90 Å². The van der Waals surface area contributed by atoms with Crippen LogP contribution in [-0.4, -0.2) is 22.6 Å². The van der Waals surface area contributed by atoms with Gasteiger partial charge < -0.3 is 9.39 Å². The lowest BCUT2D eigenvalue weighted by molar-refractivity contribution is -0.295. The number of amidine groups is 2. The zero-order chi connectivity index (χ0) is 26.0. The summed E-state index contributed by atoms with van der Waals surface area (Å²) in [7, 11) is 0. The van der Waals surface area contributed by atoms with Crippen molar-refractivity contribution in [3.8, 4) is 0 Å². The molecule has 0 spiro atoms. The van der Waals surface area contributed by atoms with Crippen LogP contribution in [0.25, 0.3) is 0 Å². The molecule has 6 rings (SSSR count). The Hall–Kier alpha value is -4.70. The van der Waals surface area contributed by atoms with Gasteiger partial charge in [-0.2, -0.15) is 0 Å². The molecule has 1 aliphatic heterocycles. The van der Waals surface area contributed by atoms with Crippen molar-refractivity contribution >= 4 is 34.7 Å². The van der Waals surface area contributed by atoms with Gasteiger partial charge in [-0.1, -0.05) is 114 Å². The summed E-state index contributed by atoms with van der Waals surface area (Å²) < 4.78 is 2.42. The van der Waals surface area contributed by atoms with Crippen LogP contribution in [0, 0.1) is 13.8 Å². The van der Waals surface area contributed by atoms with Gasteiger partial charge >= 0.3 is 6.42 Å². The monoisotopic (exact) mass is 491 g/mol. The predicted octanol–water partition coefficient (Wildman–Crippen LogP) is 5.70. The lowest BCUT2D eigenvalue weighted by Crippen LogP contribution is -2.70. The van der Waals surface area contributed by atoms with E-state index in [0.29, 0.717) is 0 Å². The summed E-state index contributed by atoms with van der Waals surface area (Å²) in [5.74, 6) is 1.87. The van der Waals surface area contributed by atoms with Crippen molar-refractivity contribution in [2.24, 2.45) is 4.90 Å². The zero-order valence-corrected chi connectivity index (χ0v) is 21.8. The van der Waals surface area contributed by atoms with Gasteiger partial charge in [0.1, 0.15) is 0 Å². The Morgan fingerprint density at radius 1 is 0.526 bits per heavy atom. The van der Waals surface area contributed by atoms with Crippen LogP contribution in [0.2, 0.25) is 0 Å². The topological polar surface area (TPSA) is 27.4 Å². The van der Waals surface area contributed by atoms with Crippen LogP contribution in [0.1, 0.15) is 22.3 Å². The minimum atomic E-state index is -1.82. The molecule has 0 saturated heterocycles. The molecule has 4 heteroatoms. The van der Waals surface area contributed by atoms with E-state index in [9.17, 15) is 0 Å². The fourth-order valence-corrected chi connectivity index (χ4v) is 5.43. The minimum absolute atomic E-state index is 0.859. The molecule has 5 aromatic rings. The first-order valence-corrected chi connectivity index (χ1v) is 13.1. The second-order valence-corrected chi connectivity index (χ2v) is 9.99. The molecular formula is C34H30BN3. The van der Waals surface area contributed by atoms with Crippen LogP contribution < -0.4 is 16.2 Å². The molecule has 0 bridgehead atoms. The maximum absolute atomic E-state index is 5.67. The predicted molar refractivity (Wildman–Crippen MR) is 160 cm³/mol. The van der Waals surface area contributed by atoms with Crippen molar-refractivity contribution in [2.75, 3.05) is 0 Å². The van der Waals surface area contributed by atoms with Crippen molar-refractivity contribution in [1.82, 2.24) is 5.32 Å². The maximum atomic E-state index is 5.67. The van der Waals surface area contributed by atoms with Crippen LogP contribution in [0.3, 0.4) is 0 Å². The van der Waals surface area contributed by atoms with Gasteiger partial charge in [0.05, 0.1) is 11.3 Å². The largest absolute Gasteiger partial charge is 0.407 e. The number of benzene rings is 5. The van der Waals surface area contributed by atoms with Gasteiger partial charge in [0.25, 0.3) is 0 Å².